The van der Waals surface area contributed by atoms with E-state index in [1.807, 2.05) is 0 Å². The first-order chi connectivity index (χ1) is 11.3. The first-order valence-corrected chi connectivity index (χ1v) is 7.67. The van der Waals surface area contributed by atoms with E-state index in [2.05, 4.69) is 15.9 Å². The van der Waals surface area contributed by atoms with Crippen LogP contribution in [0.15, 0.2) is 53.1 Å². The predicted molar refractivity (Wildman–Crippen MR) is 87.3 cm³/mol. The fourth-order valence-electron chi connectivity index (χ4n) is 2.46. The van der Waals surface area contributed by atoms with Gasteiger partial charge in [0.05, 0.1) is 23.8 Å². The molecule has 7 heteroatoms. The maximum Gasteiger partial charge on any atom is 0.416 e. The highest BCUT2D eigenvalue weighted by molar-refractivity contribution is 9.10. The highest BCUT2D eigenvalue weighted by Crippen LogP contribution is 2.32. The molecule has 24 heavy (non-hydrogen) atoms. The van der Waals surface area contributed by atoms with Crippen molar-refractivity contribution in [1.29, 1.82) is 0 Å². The second kappa shape index (κ2) is 5.98. The Morgan fingerprint density at radius 1 is 1.12 bits per heavy atom. The van der Waals surface area contributed by atoms with E-state index in [1.165, 1.54) is 19.2 Å². The Labute approximate surface area is 143 Å². The first-order valence-electron chi connectivity index (χ1n) is 6.88. The third-order valence-electron chi connectivity index (χ3n) is 3.65. The van der Waals surface area contributed by atoms with Crippen molar-refractivity contribution in [2.24, 2.45) is 0 Å². The Kier molecular flexibility index (Phi) is 4.13. The maximum atomic E-state index is 12.7. The zero-order chi connectivity index (χ0) is 17.5. The number of methoxy groups -OCH3 is 1. The van der Waals surface area contributed by atoms with E-state index in [9.17, 15) is 18.0 Å². The molecule has 0 spiro atoms. The van der Waals surface area contributed by atoms with Crippen molar-refractivity contribution < 1.29 is 22.7 Å². The zero-order valence-corrected chi connectivity index (χ0v) is 14.0. The fraction of sp³-hybridized carbons (Fsp3) is 0.118. The van der Waals surface area contributed by atoms with E-state index in [0.717, 1.165) is 27.5 Å². The van der Waals surface area contributed by atoms with Gasteiger partial charge in [-0.3, -0.25) is 0 Å². The minimum atomic E-state index is -4.37. The molecule has 0 aliphatic heterocycles. The second-order valence-electron chi connectivity index (χ2n) is 5.12. The highest BCUT2D eigenvalue weighted by Gasteiger charge is 2.30. The molecule has 0 saturated carbocycles. The van der Waals surface area contributed by atoms with Gasteiger partial charge >= 0.3 is 12.1 Å². The van der Waals surface area contributed by atoms with Crippen LogP contribution in [0.25, 0.3) is 16.6 Å². The van der Waals surface area contributed by atoms with Crippen LogP contribution < -0.4 is 0 Å². The van der Waals surface area contributed by atoms with Gasteiger partial charge in [0.2, 0.25) is 0 Å². The van der Waals surface area contributed by atoms with E-state index in [1.54, 1.807) is 29.0 Å². The number of esters is 1. The molecule has 0 saturated heterocycles. The quantitative estimate of drug-likeness (QED) is 0.556. The Morgan fingerprint density at radius 2 is 1.79 bits per heavy atom. The zero-order valence-electron chi connectivity index (χ0n) is 12.4. The Morgan fingerprint density at radius 3 is 2.38 bits per heavy atom. The molecular formula is C17H11BrF3NO2. The monoisotopic (exact) mass is 397 g/mol. The maximum absolute atomic E-state index is 12.7. The summed E-state index contributed by atoms with van der Waals surface area (Å²) in [6, 6.07) is 9.90. The number of carbonyl (C=O) groups excluding carboxylic acids is 1. The lowest BCUT2D eigenvalue weighted by atomic mass is 10.1. The second-order valence-corrected chi connectivity index (χ2v) is 5.97. The molecule has 0 N–H and O–H groups in total. The normalized spacial score (nSPS) is 11.7. The predicted octanol–water partition coefficient (Wildman–Crippen LogP) is 5.20. The van der Waals surface area contributed by atoms with Crippen molar-refractivity contribution >= 4 is 32.8 Å². The number of aromatic nitrogens is 1. The van der Waals surface area contributed by atoms with Crippen LogP contribution in [0.2, 0.25) is 0 Å². The van der Waals surface area contributed by atoms with Gasteiger partial charge in [-0.25, -0.2) is 4.79 Å². The number of ether oxygens (including phenoxy) is 1. The molecule has 3 aromatic rings. The smallest absolute Gasteiger partial charge is 0.416 e. The van der Waals surface area contributed by atoms with Gasteiger partial charge in [0.25, 0.3) is 0 Å². The summed E-state index contributed by atoms with van der Waals surface area (Å²) in [5.74, 6) is -0.453. The molecule has 2 aromatic carbocycles. The molecule has 0 aliphatic rings. The third-order valence-corrected chi connectivity index (χ3v) is 4.28. The van der Waals surface area contributed by atoms with E-state index in [-0.39, 0.29) is 0 Å². The number of alkyl halides is 3. The average Bonchev–Trinajstić information content (AvgIpc) is 2.90. The number of rotatable bonds is 2. The molecule has 0 unspecified atom stereocenters. The van der Waals surface area contributed by atoms with E-state index < -0.39 is 17.7 Å². The minimum absolute atomic E-state index is 0.399. The SMILES string of the molecule is COC(=O)c1ccc2c(c1)c(Br)cn2-c1ccc(C(F)(F)F)cc1. The van der Waals surface area contributed by atoms with Gasteiger partial charge in [0, 0.05) is 21.7 Å². The van der Waals surface area contributed by atoms with Gasteiger partial charge in [0.15, 0.2) is 0 Å². The van der Waals surface area contributed by atoms with Crippen molar-refractivity contribution in [3.05, 3.63) is 64.3 Å². The Balaban J connectivity index is 2.09. The summed E-state index contributed by atoms with van der Waals surface area (Å²) in [4.78, 5) is 11.6. The Bertz CT molecular complexity index is 914. The average molecular weight is 398 g/mol. The molecule has 0 radical (unpaired) electrons. The van der Waals surface area contributed by atoms with Crippen LogP contribution in [0.1, 0.15) is 15.9 Å². The molecule has 0 amide bonds. The minimum Gasteiger partial charge on any atom is -0.465 e. The van der Waals surface area contributed by atoms with Crippen LogP contribution in [0.5, 0.6) is 0 Å². The fourth-order valence-corrected chi connectivity index (χ4v) is 2.98. The van der Waals surface area contributed by atoms with Crippen molar-refractivity contribution in [1.82, 2.24) is 4.57 Å². The highest BCUT2D eigenvalue weighted by atomic mass is 79.9. The van der Waals surface area contributed by atoms with Gasteiger partial charge in [0.1, 0.15) is 0 Å². The lowest BCUT2D eigenvalue weighted by Gasteiger charge is -2.09. The molecule has 3 rings (SSSR count). The molecule has 0 bridgehead atoms. The summed E-state index contributed by atoms with van der Waals surface area (Å²) in [6.07, 6.45) is -2.62. The van der Waals surface area contributed by atoms with Crippen molar-refractivity contribution in [2.45, 2.75) is 6.18 Å². The van der Waals surface area contributed by atoms with Crippen molar-refractivity contribution in [3.63, 3.8) is 0 Å². The van der Waals surface area contributed by atoms with Crippen LogP contribution in [-0.2, 0) is 10.9 Å². The first kappa shape index (κ1) is 16.6. The van der Waals surface area contributed by atoms with Gasteiger partial charge in [-0.2, -0.15) is 13.2 Å². The molecule has 0 aliphatic carbocycles. The van der Waals surface area contributed by atoms with Gasteiger partial charge in [-0.05, 0) is 58.4 Å². The molecular weight excluding hydrogens is 387 g/mol. The summed E-state index contributed by atoms with van der Waals surface area (Å²) in [7, 11) is 1.30. The molecule has 0 atom stereocenters. The third kappa shape index (κ3) is 2.91. The standard InChI is InChI=1S/C17H11BrF3NO2/c1-24-16(23)10-2-7-15-13(8-10)14(18)9-22(15)12-5-3-11(4-6-12)17(19,20)21/h2-9H,1H3. The lowest BCUT2D eigenvalue weighted by molar-refractivity contribution is -0.137. The molecule has 1 heterocycles. The molecule has 3 nitrogen and oxygen atoms in total. The van der Waals surface area contributed by atoms with Crippen LogP contribution in [-0.4, -0.2) is 17.6 Å². The van der Waals surface area contributed by atoms with Crippen molar-refractivity contribution in [3.8, 4) is 5.69 Å². The number of hydrogen-bond acceptors (Lipinski definition) is 2. The molecule has 1 aromatic heterocycles. The van der Waals surface area contributed by atoms with Gasteiger partial charge in [-0.15, -0.1) is 0 Å². The lowest BCUT2D eigenvalue weighted by Crippen LogP contribution is -2.04. The van der Waals surface area contributed by atoms with Crippen LogP contribution in [0, 0.1) is 0 Å². The van der Waals surface area contributed by atoms with Gasteiger partial charge in [-0.1, -0.05) is 0 Å². The molecule has 124 valence electrons. The summed E-state index contributed by atoms with van der Waals surface area (Å²) in [6.45, 7) is 0. The number of carbonyl (C=O) groups is 1. The topological polar surface area (TPSA) is 31.2 Å². The largest absolute Gasteiger partial charge is 0.465 e. The summed E-state index contributed by atoms with van der Waals surface area (Å²) in [5, 5.41) is 0.762. The number of halogens is 4. The van der Waals surface area contributed by atoms with E-state index in [4.69, 9.17) is 4.74 Å². The van der Waals surface area contributed by atoms with Crippen LogP contribution >= 0.6 is 15.9 Å². The number of nitrogens with zero attached hydrogens (tertiary/aromatic N) is 1. The van der Waals surface area contributed by atoms with Gasteiger partial charge < -0.3 is 9.30 Å². The molecule has 0 fully saturated rings. The van der Waals surface area contributed by atoms with Crippen molar-refractivity contribution in [2.75, 3.05) is 7.11 Å². The van der Waals surface area contributed by atoms with Crippen LogP contribution in [0.3, 0.4) is 0 Å². The summed E-state index contributed by atoms with van der Waals surface area (Å²) >= 11 is 3.41. The summed E-state index contributed by atoms with van der Waals surface area (Å²) < 4.78 is 45.2. The summed E-state index contributed by atoms with van der Waals surface area (Å²) in [5.41, 5.74) is 1.05. The van der Waals surface area contributed by atoms with E-state index >= 15 is 0 Å². The Hall–Kier alpha value is -2.28. The van der Waals surface area contributed by atoms with Crippen LogP contribution in [0.4, 0.5) is 13.2 Å². The van der Waals surface area contributed by atoms with E-state index in [0.29, 0.717) is 11.3 Å². The number of fused-ring (bicyclic) bond motifs is 1. The number of benzene rings is 2. The number of hydrogen-bond donors (Lipinski definition) is 0.